The number of hydrogen-bond acceptors (Lipinski definition) is 6. The monoisotopic (exact) mass is 308 g/mol. The van der Waals surface area contributed by atoms with Crippen LogP contribution in [-0.2, 0) is 0 Å². The molecule has 2 aromatic carbocycles. The molecule has 6 nitrogen and oxygen atoms in total. The van der Waals surface area contributed by atoms with Gasteiger partial charge in [-0.05, 0) is 29.5 Å². The molecule has 116 valence electrons. The van der Waals surface area contributed by atoms with Crippen LogP contribution in [0, 0.1) is 0 Å². The van der Waals surface area contributed by atoms with Crippen molar-refractivity contribution >= 4 is 5.82 Å². The first-order valence-corrected chi connectivity index (χ1v) is 7.10. The number of nitrogens with zero attached hydrogens (tertiary/aromatic N) is 4. The Hall–Kier alpha value is -3.15. The summed E-state index contributed by atoms with van der Waals surface area (Å²) in [5.41, 5.74) is 0. The highest BCUT2D eigenvalue weighted by molar-refractivity contribution is 5.57. The molecular weight excluding hydrogens is 292 g/mol. The quantitative estimate of drug-likeness (QED) is 0.718. The van der Waals surface area contributed by atoms with E-state index in [0.717, 1.165) is 0 Å². The predicted molar refractivity (Wildman–Crippen MR) is 87.2 cm³/mol. The molecule has 0 aliphatic carbocycles. The van der Waals surface area contributed by atoms with Gasteiger partial charge in [0.1, 0.15) is 11.5 Å². The molecule has 23 heavy (non-hydrogen) atoms. The van der Waals surface area contributed by atoms with E-state index in [1.54, 1.807) is 4.90 Å². The molecule has 0 N–H and O–H groups in total. The standard InChI is InChI=1S/C17H16N4O2/c1-21(2)16-15(22-13-9-5-3-6-10-13)17(19-20-18-16)23-14-11-7-4-8-12-14/h3-12H,1-2H3. The molecule has 1 heterocycles. The average Bonchev–Trinajstić information content (AvgIpc) is 2.58. The van der Waals surface area contributed by atoms with Crippen LogP contribution < -0.4 is 14.4 Å². The van der Waals surface area contributed by atoms with Crippen molar-refractivity contribution in [1.29, 1.82) is 0 Å². The normalized spacial score (nSPS) is 10.2. The van der Waals surface area contributed by atoms with Crippen molar-refractivity contribution in [3.05, 3.63) is 60.7 Å². The third kappa shape index (κ3) is 3.55. The summed E-state index contributed by atoms with van der Waals surface area (Å²) in [5.74, 6) is 2.53. The van der Waals surface area contributed by atoms with Crippen molar-refractivity contribution < 1.29 is 9.47 Å². The van der Waals surface area contributed by atoms with E-state index >= 15 is 0 Å². The zero-order valence-corrected chi connectivity index (χ0v) is 12.9. The van der Waals surface area contributed by atoms with Crippen molar-refractivity contribution in [2.24, 2.45) is 0 Å². The Morgan fingerprint density at radius 2 is 1.30 bits per heavy atom. The Kier molecular flexibility index (Phi) is 4.33. The fraction of sp³-hybridized carbons (Fsp3) is 0.118. The SMILES string of the molecule is CN(C)c1nnnc(Oc2ccccc2)c1Oc1ccccc1. The van der Waals surface area contributed by atoms with Gasteiger partial charge in [0.2, 0.25) is 11.6 Å². The van der Waals surface area contributed by atoms with Gasteiger partial charge in [0.25, 0.3) is 5.88 Å². The van der Waals surface area contributed by atoms with Crippen molar-refractivity contribution in [2.45, 2.75) is 0 Å². The summed E-state index contributed by atoms with van der Waals surface area (Å²) in [6.45, 7) is 0. The van der Waals surface area contributed by atoms with E-state index in [9.17, 15) is 0 Å². The molecule has 3 aromatic rings. The molecule has 0 unspecified atom stereocenters. The van der Waals surface area contributed by atoms with E-state index in [2.05, 4.69) is 15.4 Å². The molecule has 0 saturated carbocycles. The van der Waals surface area contributed by atoms with Crippen LogP contribution in [0.5, 0.6) is 23.1 Å². The molecule has 6 heteroatoms. The van der Waals surface area contributed by atoms with Crippen LogP contribution in [0.3, 0.4) is 0 Å². The second-order valence-corrected chi connectivity index (χ2v) is 4.97. The Bertz CT molecular complexity index is 764. The minimum absolute atomic E-state index is 0.263. The van der Waals surface area contributed by atoms with E-state index in [1.165, 1.54) is 0 Å². The van der Waals surface area contributed by atoms with E-state index in [1.807, 2.05) is 74.8 Å². The Morgan fingerprint density at radius 3 is 1.87 bits per heavy atom. The van der Waals surface area contributed by atoms with Gasteiger partial charge in [-0.15, -0.1) is 5.10 Å². The molecule has 0 amide bonds. The van der Waals surface area contributed by atoms with Gasteiger partial charge in [0.15, 0.2) is 0 Å². The highest BCUT2D eigenvalue weighted by atomic mass is 16.5. The molecule has 0 saturated heterocycles. The second kappa shape index (κ2) is 6.74. The highest BCUT2D eigenvalue weighted by Crippen LogP contribution is 2.38. The number of rotatable bonds is 5. The maximum absolute atomic E-state index is 5.94. The van der Waals surface area contributed by atoms with Gasteiger partial charge in [-0.1, -0.05) is 41.5 Å². The molecular formula is C17H16N4O2. The molecule has 0 bridgehead atoms. The Morgan fingerprint density at radius 1 is 0.739 bits per heavy atom. The lowest BCUT2D eigenvalue weighted by Crippen LogP contribution is -2.14. The van der Waals surface area contributed by atoms with Gasteiger partial charge in [0, 0.05) is 14.1 Å². The smallest absolute Gasteiger partial charge is 0.288 e. The minimum Gasteiger partial charge on any atom is -0.448 e. The summed E-state index contributed by atoms with van der Waals surface area (Å²) < 4.78 is 11.7. The molecule has 0 aliphatic heterocycles. The van der Waals surface area contributed by atoms with E-state index < -0.39 is 0 Å². The van der Waals surface area contributed by atoms with Crippen LogP contribution in [0.1, 0.15) is 0 Å². The summed E-state index contributed by atoms with van der Waals surface area (Å²) in [7, 11) is 3.71. The summed E-state index contributed by atoms with van der Waals surface area (Å²) in [6.07, 6.45) is 0. The first kappa shape index (κ1) is 14.8. The van der Waals surface area contributed by atoms with Crippen LogP contribution in [0.4, 0.5) is 5.82 Å². The molecule has 0 spiro atoms. The number of hydrogen-bond donors (Lipinski definition) is 0. The number of aromatic nitrogens is 3. The van der Waals surface area contributed by atoms with E-state index in [0.29, 0.717) is 23.1 Å². The van der Waals surface area contributed by atoms with Gasteiger partial charge >= 0.3 is 0 Å². The lowest BCUT2D eigenvalue weighted by Gasteiger charge is -2.17. The van der Waals surface area contributed by atoms with E-state index in [4.69, 9.17) is 9.47 Å². The van der Waals surface area contributed by atoms with Gasteiger partial charge in [0.05, 0.1) is 0 Å². The summed E-state index contributed by atoms with van der Waals surface area (Å²) >= 11 is 0. The molecule has 3 rings (SSSR count). The van der Waals surface area contributed by atoms with Crippen LogP contribution in [0.25, 0.3) is 0 Å². The van der Waals surface area contributed by atoms with Gasteiger partial charge < -0.3 is 14.4 Å². The summed E-state index contributed by atoms with van der Waals surface area (Å²) in [5, 5.41) is 11.8. The van der Waals surface area contributed by atoms with Gasteiger partial charge in [-0.2, -0.15) is 0 Å². The molecule has 0 fully saturated rings. The molecule has 0 aliphatic rings. The maximum Gasteiger partial charge on any atom is 0.288 e. The van der Waals surface area contributed by atoms with Crippen molar-refractivity contribution in [3.8, 4) is 23.1 Å². The molecule has 0 radical (unpaired) electrons. The first-order chi connectivity index (χ1) is 11.2. The fourth-order valence-corrected chi connectivity index (χ4v) is 1.95. The van der Waals surface area contributed by atoms with Crippen molar-refractivity contribution in [2.75, 3.05) is 19.0 Å². The Labute approximate surface area is 134 Å². The van der Waals surface area contributed by atoms with Crippen molar-refractivity contribution in [1.82, 2.24) is 15.4 Å². The van der Waals surface area contributed by atoms with Crippen LogP contribution in [-0.4, -0.2) is 29.5 Å². The Balaban J connectivity index is 1.99. The second-order valence-electron chi connectivity index (χ2n) is 4.97. The zero-order valence-electron chi connectivity index (χ0n) is 12.9. The van der Waals surface area contributed by atoms with Crippen molar-refractivity contribution in [3.63, 3.8) is 0 Å². The van der Waals surface area contributed by atoms with Crippen LogP contribution >= 0.6 is 0 Å². The minimum atomic E-state index is 0.263. The number of anilines is 1. The first-order valence-electron chi connectivity index (χ1n) is 7.10. The summed E-state index contributed by atoms with van der Waals surface area (Å²) in [6, 6.07) is 18.8. The van der Waals surface area contributed by atoms with Gasteiger partial charge in [-0.25, -0.2) is 0 Å². The van der Waals surface area contributed by atoms with Crippen LogP contribution in [0.2, 0.25) is 0 Å². The number of benzene rings is 2. The molecule has 1 aromatic heterocycles. The lowest BCUT2D eigenvalue weighted by atomic mass is 10.3. The highest BCUT2D eigenvalue weighted by Gasteiger charge is 2.19. The topological polar surface area (TPSA) is 60.4 Å². The molecule has 0 atom stereocenters. The number of ether oxygens (including phenoxy) is 2. The average molecular weight is 308 g/mol. The van der Waals surface area contributed by atoms with Gasteiger partial charge in [-0.3, -0.25) is 0 Å². The van der Waals surface area contributed by atoms with E-state index in [-0.39, 0.29) is 5.88 Å². The summed E-state index contributed by atoms with van der Waals surface area (Å²) in [4.78, 5) is 1.80. The third-order valence-corrected chi connectivity index (χ3v) is 3.02. The third-order valence-electron chi connectivity index (χ3n) is 3.02. The number of para-hydroxylation sites is 2. The fourth-order valence-electron chi connectivity index (χ4n) is 1.95. The predicted octanol–water partition coefficient (Wildman–Crippen LogP) is 3.52. The largest absolute Gasteiger partial charge is 0.448 e. The zero-order chi connectivity index (χ0) is 16.1. The maximum atomic E-state index is 5.94. The lowest BCUT2D eigenvalue weighted by molar-refractivity contribution is 0.393. The van der Waals surface area contributed by atoms with Crippen LogP contribution in [0.15, 0.2) is 60.7 Å².